The summed E-state index contributed by atoms with van der Waals surface area (Å²) in [4.78, 5) is 21.8. The van der Waals surface area contributed by atoms with Crippen molar-refractivity contribution in [3.8, 4) is 33.6 Å². The van der Waals surface area contributed by atoms with E-state index in [0.29, 0.717) is 22.5 Å². The maximum atomic E-state index is 14.6. The Morgan fingerprint density at radius 2 is 1.77 bits per heavy atom. The number of aromatic amines is 2. The first-order valence-corrected chi connectivity index (χ1v) is 15.7. The molecule has 0 bridgehead atoms. The lowest BCUT2D eigenvalue weighted by Gasteiger charge is -2.11. The van der Waals surface area contributed by atoms with Crippen molar-refractivity contribution in [3.05, 3.63) is 90.5 Å². The van der Waals surface area contributed by atoms with Gasteiger partial charge >= 0.3 is 0 Å². The van der Waals surface area contributed by atoms with Gasteiger partial charge in [0.05, 0.1) is 35.9 Å². The van der Waals surface area contributed by atoms with Crippen LogP contribution in [0.25, 0.3) is 55.4 Å². The van der Waals surface area contributed by atoms with Crippen LogP contribution in [0.15, 0.2) is 79.1 Å². The number of nitrogens with one attached hydrogen (secondary N) is 4. The van der Waals surface area contributed by atoms with Gasteiger partial charge in [0.15, 0.2) is 0 Å². The molecule has 0 spiro atoms. The van der Waals surface area contributed by atoms with Gasteiger partial charge in [0.25, 0.3) is 0 Å². The van der Waals surface area contributed by atoms with Crippen LogP contribution in [0.3, 0.4) is 0 Å². The Labute approximate surface area is 253 Å². The number of pyridine rings is 1. The molecule has 3 aromatic heterocycles. The third-order valence-electron chi connectivity index (χ3n) is 7.10. The highest BCUT2D eigenvalue weighted by Gasteiger charge is 2.16. The second kappa shape index (κ2) is 11.6. The van der Waals surface area contributed by atoms with E-state index in [1.165, 1.54) is 12.1 Å². The van der Waals surface area contributed by atoms with Gasteiger partial charge in [-0.3, -0.25) is 14.9 Å². The van der Waals surface area contributed by atoms with E-state index in [-0.39, 0.29) is 19.0 Å². The van der Waals surface area contributed by atoms with Gasteiger partial charge in [0, 0.05) is 34.6 Å². The molecule has 224 valence electrons. The molecule has 3 heterocycles. The maximum Gasteiger partial charge on any atom is 0.238 e. The summed E-state index contributed by atoms with van der Waals surface area (Å²) in [6.07, 6.45) is 4.43. The number of hydrogen-bond donors (Lipinski definition) is 4. The normalized spacial score (nSPS) is 11.9. The van der Waals surface area contributed by atoms with E-state index in [1.54, 1.807) is 23.4 Å². The fourth-order valence-electron chi connectivity index (χ4n) is 5.21. The zero-order chi connectivity index (χ0) is 31.0. The highest BCUT2D eigenvalue weighted by Crippen LogP contribution is 2.36. The van der Waals surface area contributed by atoms with Crippen LogP contribution in [0.1, 0.15) is 5.56 Å². The molecule has 0 saturated heterocycles. The van der Waals surface area contributed by atoms with E-state index >= 15 is 0 Å². The number of H-pyrrole nitrogens is 2. The number of sulfonamides is 1. The minimum Gasteiger partial charge on any atom is -0.353 e. The molecule has 1 amide bonds. The first kappa shape index (κ1) is 29.2. The molecule has 0 aliphatic rings. The van der Waals surface area contributed by atoms with Crippen molar-refractivity contribution >= 4 is 43.4 Å². The van der Waals surface area contributed by atoms with E-state index in [2.05, 4.69) is 30.2 Å². The van der Waals surface area contributed by atoms with Crippen LogP contribution >= 0.6 is 0 Å². The lowest BCUT2D eigenvalue weighted by molar-refractivity contribution is -0.116. The molecule has 12 heteroatoms. The molecule has 6 aromatic rings. The van der Waals surface area contributed by atoms with Crippen LogP contribution in [0.5, 0.6) is 0 Å². The maximum absolute atomic E-state index is 14.6. The van der Waals surface area contributed by atoms with E-state index in [4.69, 9.17) is 0 Å². The number of nitrogens with zero attached hydrogens (tertiary/aromatic N) is 3. The van der Waals surface area contributed by atoms with Crippen LogP contribution < -0.4 is 10.0 Å². The number of halogens is 1. The number of rotatable bonds is 9. The summed E-state index contributed by atoms with van der Waals surface area (Å²) in [6, 6.07) is 20.1. The van der Waals surface area contributed by atoms with E-state index in [0.717, 1.165) is 50.4 Å². The van der Waals surface area contributed by atoms with Crippen LogP contribution in [-0.4, -0.2) is 66.3 Å². The number of fused-ring (bicyclic) bond motifs is 2. The number of anilines is 1. The smallest absolute Gasteiger partial charge is 0.238 e. The summed E-state index contributed by atoms with van der Waals surface area (Å²) in [7, 11) is 0.238. The molecule has 6 rings (SSSR count). The highest BCUT2D eigenvalue weighted by molar-refractivity contribution is 7.88. The summed E-state index contributed by atoms with van der Waals surface area (Å²) in [5, 5.41) is 12.3. The van der Waals surface area contributed by atoms with Gasteiger partial charge in [0.2, 0.25) is 15.9 Å². The van der Waals surface area contributed by atoms with Gasteiger partial charge in [-0.2, -0.15) is 5.10 Å². The first-order chi connectivity index (χ1) is 21.0. The molecule has 0 aliphatic carbocycles. The monoisotopic (exact) mass is 611 g/mol. The third-order valence-corrected chi connectivity index (χ3v) is 7.77. The van der Waals surface area contributed by atoms with Gasteiger partial charge in [-0.05, 0) is 84.9 Å². The van der Waals surface area contributed by atoms with Crippen molar-refractivity contribution in [1.29, 1.82) is 0 Å². The number of likely N-dealkylation sites (N-methyl/N-ethyl adjacent to an activating group) is 1. The molecule has 3 aromatic carbocycles. The predicted molar refractivity (Wildman–Crippen MR) is 171 cm³/mol. The minimum absolute atomic E-state index is 0.0135. The van der Waals surface area contributed by atoms with Crippen molar-refractivity contribution in [3.63, 3.8) is 0 Å². The zero-order valence-electron chi connectivity index (χ0n) is 24.3. The Hall–Kier alpha value is -4.91. The van der Waals surface area contributed by atoms with E-state index < -0.39 is 15.8 Å². The summed E-state index contributed by atoms with van der Waals surface area (Å²) >= 11 is 0. The fraction of sp³-hybridized carbons (Fsp3) is 0.156. The average molecular weight is 612 g/mol. The highest BCUT2D eigenvalue weighted by atomic mass is 32.2. The number of carbonyl (C=O) groups excluding carboxylic acids is 1. The Balaban J connectivity index is 1.36. The van der Waals surface area contributed by atoms with Crippen LogP contribution in [0.4, 0.5) is 10.1 Å². The Kier molecular flexibility index (Phi) is 7.72. The molecule has 0 radical (unpaired) electrons. The Bertz CT molecular complexity index is 2140. The van der Waals surface area contributed by atoms with Crippen molar-refractivity contribution in [2.24, 2.45) is 0 Å². The topological polar surface area (TPSA) is 136 Å². The number of benzene rings is 3. The van der Waals surface area contributed by atoms with Crippen molar-refractivity contribution in [1.82, 2.24) is 29.8 Å². The predicted octanol–water partition coefficient (Wildman–Crippen LogP) is 5.13. The Morgan fingerprint density at radius 1 is 0.932 bits per heavy atom. The van der Waals surface area contributed by atoms with Gasteiger partial charge < -0.3 is 15.2 Å². The first-order valence-electron chi connectivity index (χ1n) is 13.8. The zero-order valence-corrected chi connectivity index (χ0v) is 25.1. The lowest BCUT2D eigenvalue weighted by Crippen LogP contribution is -2.27. The van der Waals surface area contributed by atoms with Crippen molar-refractivity contribution in [2.75, 3.05) is 32.2 Å². The molecule has 0 saturated carbocycles. The van der Waals surface area contributed by atoms with E-state index in [9.17, 15) is 17.6 Å². The summed E-state index contributed by atoms with van der Waals surface area (Å²) in [5.41, 5.74) is 7.47. The quantitative estimate of drug-likeness (QED) is 0.179. The number of amides is 1. The molecule has 0 atom stereocenters. The third kappa shape index (κ3) is 6.37. The second-order valence-corrected chi connectivity index (χ2v) is 12.8. The molecular weight excluding hydrogens is 581 g/mol. The largest absolute Gasteiger partial charge is 0.353 e. The molecule has 10 nitrogen and oxygen atoms in total. The van der Waals surface area contributed by atoms with Crippen molar-refractivity contribution in [2.45, 2.75) is 6.54 Å². The van der Waals surface area contributed by atoms with Gasteiger partial charge in [-0.1, -0.05) is 18.2 Å². The van der Waals surface area contributed by atoms with Crippen LogP contribution in [-0.2, 0) is 21.4 Å². The molecule has 44 heavy (non-hydrogen) atoms. The van der Waals surface area contributed by atoms with Crippen molar-refractivity contribution < 1.29 is 17.6 Å². The van der Waals surface area contributed by atoms with Crippen LogP contribution in [0.2, 0.25) is 0 Å². The lowest BCUT2D eigenvalue weighted by atomic mass is 9.99. The van der Waals surface area contributed by atoms with Gasteiger partial charge in [0.1, 0.15) is 11.5 Å². The van der Waals surface area contributed by atoms with E-state index in [1.807, 2.05) is 62.6 Å². The molecular formula is C32H30FN7O3S. The average Bonchev–Trinajstić information content (AvgIpc) is 3.59. The van der Waals surface area contributed by atoms with Crippen LogP contribution in [0, 0.1) is 5.82 Å². The summed E-state index contributed by atoms with van der Waals surface area (Å²) < 4.78 is 40.2. The SMILES string of the molecule is CN(C)CC(=O)Nc1cncc(-c2ccc3[nH]nc(-c4cc5c(-c6cc(F)cc(CNS(C)(=O)=O)c6)cccc5[nH]4)c3c2)c1. The molecule has 0 aliphatic heterocycles. The summed E-state index contributed by atoms with van der Waals surface area (Å²) in [5.74, 6) is -0.582. The summed E-state index contributed by atoms with van der Waals surface area (Å²) in [6.45, 7) is 0.252. The molecule has 0 unspecified atom stereocenters. The number of hydrogen-bond acceptors (Lipinski definition) is 6. The fourth-order valence-corrected chi connectivity index (χ4v) is 5.64. The molecule has 4 N–H and O–H groups in total. The number of aromatic nitrogens is 4. The Morgan fingerprint density at radius 3 is 2.57 bits per heavy atom. The minimum atomic E-state index is -3.43. The number of carbonyl (C=O) groups is 1. The second-order valence-electron chi connectivity index (χ2n) is 11.0. The molecule has 0 fully saturated rings. The standard InChI is InChI=1S/C32H30FN7O3S/c1-40(2)18-31(41)36-24-12-22(16-34-17-24)20-7-8-29-27(13-20)32(39-38-29)30-14-26-25(5-4-6-28(26)37-30)21-9-19(10-23(33)11-21)15-35-44(3,42)43/h4-14,16-17,35,37H,15,18H2,1-3H3,(H,36,41)(H,38,39). The van der Waals surface area contributed by atoms with Gasteiger partial charge in [-0.15, -0.1) is 0 Å². The van der Waals surface area contributed by atoms with Gasteiger partial charge in [-0.25, -0.2) is 17.5 Å².